The molecule has 0 radical (unpaired) electrons. The van der Waals surface area contributed by atoms with E-state index in [0.29, 0.717) is 5.69 Å². The molecule has 54 valence electrons. The molecule has 10 heavy (non-hydrogen) atoms. The lowest BCUT2D eigenvalue weighted by Crippen LogP contribution is -2.19. The molecule has 4 heteroatoms. The number of aryl methyl sites for hydroxylation is 1. The first-order chi connectivity index (χ1) is 4.74. The van der Waals surface area contributed by atoms with Gasteiger partial charge in [-0.2, -0.15) is 5.10 Å². The zero-order valence-corrected chi connectivity index (χ0v) is 5.61. The number of aliphatic hydroxyl groups excluding tert-OH is 1. The molecule has 0 aliphatic heterocycles. The Balaban J connectivity index is 3.17. The van der Waals surface area contributed by atoms with E-state index in [1.807, 2.05) is 0 Å². The van der Waals surface area contributed by atoms with E-state index in [0.717, 1.165) is 0 Å². The lowest BCUT2D eigenvalue weighted by Gasteiger charge is -1.96. The van der Waals surface area contributed by atoms with E-state index in [-0.39, 0.29) is 12.2 Å². The van der Waals surface area contributed by atoms with Crippen molar-refractivity contribution >= 4 is 0 Å². The summed E-state index contributed by atoms with van der Waals surface area (Å²) in [5.74, 6) is 0. The smallest absolute Gasteiger partial charge is 0.266 e. The van der Waals surface area contributed by atoms with Crippen molar-refractivity contribution in [1.29, 1.82) is 0 Å². The van der Waals surface area contributed by atoms with Crippen molar-refractivity contribution in [2.24, 2.45) is 7.05 Å². The third kappa shape index (κ3) is 1.22. The highest BCUT2D eigenvalue weighted by Crippen LogP contribution is 1.86. The lowest BCUT2D eigenvalue weighted by molar-refractivity contribution is 0.273. The number of hydrogen-bond donors (Lipinski definition) is 1. The summed E-state index contributed by atoms with van der Waals surface area (Å²) in [5, 5.41) is 12.3. The molecule has 0 spiro atoms. The third-order valence-corrected chi connectivity index (χ3v) is 1.18. The van der Waals surface area contributed by atoms with Crippen LogP contribution in [0.25, 0.3) is 0 Å². The summed E-state index contributed by atoms with van der Waals surface area (Å²) in [6.07, 6.45) is 0. The van der Waals surface area contributed by atoms with Crippen molar-refractivity contribution in [3.8, 4) is 0 Å². The van der Waals surface area contributed by atoms with Crippen LogP contribution in [0.5, 0.6) is 0 Å². The van der Waals surface area contributed by atoms with Gasteiger partial charge in [-0.3, -0.25) is 4.79 Å². The Kier molecular flexibility index (Phi) is 1.82. The molecule has 0 aromatic carbocycles. The van der Waals surface area contributed by atoms with Gasteiger partial charge in [-0.25, -0.2) is 4.68 Å². The van der Waals surface area contributed by atoms with Crippen LogP contribution in [-0.4, -0.2) is 14.9 Å². The van der Waals surface area contributed by atoms with Crippen molar-refractivity contribution in [1.82, 2.24) is 9.78 Å². The monoisotopic (exact) mass is 140 g/mol. The Morgan fingerprint density at radius 3 is 2.90 bits per heavy atom. The zero-order valence-electron chi connectivity index (χ0n) is 5.61. The molecule has 0 aliphatic carbocycles. The fraction of sp³-hybridized carbons (Fsp3) is 0.333. The predicted octanol–water partition coefficient (Wildman–Crippen LogP) is -0.727. The van der Waals surface area contributed by atoms with Crippen LogP contribution < -0.4 is 5.56 Å². The molecule has 0 bridgehead atoms. The van der Waals surface area contributed by atoms with Crippen molar-refractivity contribution in [2.45, 2.75) is 6.61 Å². The van der Waals surface area contributed by atoms with Crippen molar-refractivity contribution in [2.75, 3.05) is 0 Å². The molecule has 4 nitrogen and oxygen atoms in total. The SMILES string of the molecule is Cn1nc(CO)ccc1=O. The van der Waals surface area contributed by atoms with Gasteiger partial charge in [-0.05, 0) is 6.07 Å². The molecule has 1 heterocycles. The van der Waals surface area contributed by atoms with Crippen LogP contribution in [0, 0.1) is 0 Å². The van der Waals surface area contributed by atoms with Gasteiger partial charge in [0, 0.05) is 13.1 Å². The Morgan fingerprint density at radius 2 is 2.40 bits per heavy atom. The first kappa shape index (κ1) is 6.95. The van der Waals surface area contributed by atoms with Crippen molar-refractivity contribution in [3.05, 3.63) is 28.2 Å². The summed E-state index contributed by atoms with van der Waals surface area (Å²) in [7, 11) is 1.54. The molecule has 0 amide bonds. The molecule has 0 aliphatic rings. The standard InChI is InChI=1S/C6H8N2O2/c1-8-6(10)3-2-5(4-9)7-8/h2-3,9H,4H2,1H3. The van der Waals surface area contributed by atoms with Crippen LogP contribution in [0.4, 0.5) is 0 Å². The molecule has 0 unspecified atom stereocenters. The Morgan fingerprint density at radius 1 is 1.70 bits per heavy atom. The maximum absolute atomic E-state index is 10.7. The van der Waals surface area contributed by atoms with E-state index in [4.69, 9.17) is 5.11 Å². The fourth-order valence-electron chi connectivity index (χ4n) is 0.635. The van der Waals surface area contributed by atoms with Crippen LogP contribution in [-0.2, 0) is 13.7 Å². The van der Waals surface area contributed by atoms with E-state index in [2.05, 4.69) is 5.10 Å². The lowest BCUT2D eigenvalue weighted by atomic mass is 10.4. The number of nitrogens with zero attached hydrogens (tertiary/aromatic N) is 2. The van der Waals surface area contributed by atoms with Gasteiger partial charge in [-0.15, -0.1) is 0 Å². The van der Waals surface area contributed by atoms with Crippen LogP contribution in [0.3, 0.4) is 0 Å². The summed E-state index contributed by atoms with van der Waals surface area (Å²) in [6.45, 7) is -0.131. The zero-order chi connectivity index (χ0) is 7.56. The van der Waals surface area contributed by atoms with Gasteiger partial charge in [0.15, 0.2) is 0 Å². The molecule has 1 N–H and O–H groups in total. The highest BCUT2D eigenvalue weighted by atomic mass is 16.3. The summed E-state index contributed by atoms with van der Waals surface area (Å²) < 4.78 is 1.19. The number of hydrogen-bond acceptors (Lipinski definition) is 3. The van der Waals surface area contributed by atoms with Crippen LogP contribution in [0.15, 0.2) is 16.9 Å². The van der Waals surface area contributed by atoms with Gasteiger partial charge in [-0.1, -0.05) is 0 Å². The van der Waals surface area contributed by atoms with E-state index >= 15 is 0 Å². The molecule has 0 saturated carbocycles. The first-order valence-corrected chi connectivity index (χ1v) is 2.88. The van der Waals surface area contributed by atoms with Crippen LogP contribution in [0.2, 0.25) is 0 Å². The van der Waals surface area contributed by atoms with Gasteiger partial charge in [0.25, 0.3) is 5.56 Å². The molecule has 0 atom stereocenters. The Labute approximate surface area is 57.7 Å². The molecule has 0 saturated heterocycles. The summed E-state index contributed by atoms with van der Waals surface area (Å²) in [6, 6.07) is 2.88. The van der Waals surface area contributed by atoms with E-state index in [9.17, 15) is 4.79 Å². The Hall–Kier alpha value is -1.16. The second-order valence-corrected chi connectivity index (χ2v) is 1.94. The average molecular weight is 140 g/mol. The molecular weight excluding hydrogens is 132 g/mol. The molecule has 1 rings (SSSR count). The van der Waals surface area contributed by atoms with E-state index < -0.39 is 0 Å². The second-order valence-electron chi connectivity index (χ2n) is 1.94. The summed E-state index contributed by atoms with van der Waals surface area (Å²) in [4.78, 5) is 10.7. The van der Waals surface area contributed by atoms with Crippen molar-refractivity contribution < 1.29 is 5.11 Å². The van der Waals surface area contributed by atoms with Crippen LogP contribution >= 0.6 is 0 Å². The minimum atomic E-state index is -0.169. The minimum absolute atomic E-state index is 0.131. The second kappa shape index (κ2) is 2.62. The predicted molar refractivity (Wildman–Crippen MR) is 35.4 cm³/mol. The fourth-order valence-corrected chi connectivity index (χ4v) is 0.635. The largest absolute Gasteiger partial charge is 0.390 e. The number of aliphatic hydroxyl groups is 1. The number of aromatic nitrogens is 2. The number of rotatable bonds is 1. The minimum Gasteiger partial charge on any atom is -0.390 e. The maximum Gasteiger partial charge on any atom is 0.266 e. The van der Waals surface area contributed by atoms with E-state index in [1.54, 1.807) is 7.05 Å². The highest BCUT2D eigenvalue weighted by Gasteiger charge is 1.92. The average Bonchev–Trinajstić information content (AvgIpc) is 1.95. The molecule has 0 fully saturated rings. The maximum atomic E-state index is 10.7. The van der Waals surface area contributed by atoms with Gasteiger partial charge in [0.1, 0.15) is 0 Å². The van der Waals surface area contributed by atoms with Gasteiger partial charge < -0.3 is 5.11 Å². The van der Waals surface area contributed by atoms with Crippen LogP contribution in [0.1, 0.15) is 5.69 Å². The summed E-state index contributed by atoms with van der Waals surface area (Å²) >= 11 is 0. The van der Waals surface area contributed by atoms with Gasteiger partial charge in [0.05, 0.1) is 12.3 Å². The molecule has 1 aromatic heterocycles. The summed E-state index contributed by atoms with van der Waals surface area (Å²) in [5.41, 5.74) is 0.333. The quantitative estimate of drug-likeness (QED) is 0.559. The topological polar surface area (TPSA) is 55.1 Å². The van der Waals surface area contributed by atoms with E-state index in [1.165, 1.54) is 16.8 Å². The van der Waals surface area contributed by atoms with Gasteiger partial charge >= 0.3 is 0 Å². The normalized spacial score (nSPS) is 9.80. The molecular formula is C6H8N2O2. The third-order valence-electron chi connectivity index (χ3n) is 1.18. The van der Waals surface area contributed by atoms with Gasteiger partial charge in [0.2, 0.25) is 0 Å². The highest BCUT2D eigenvalue weighted by molar-refractivity contribution is 4.97. The Bertz CT molecular complexity index is 279. The first-order valence-electron chi connectivity index (χ1n) is 2.88. The van der Waals surface area contributed by atoms with Crippen molar-refractivity contribution in [3.63, 3.8) is 0 Å². The molecule has 1 aromatic rings.